The standard InChI is InChI=1S/C14H21N3O2/c1-3-19-9(2)8-16-13-6-10-4-5-14(18)17-12(10)7-11(13)15/h6-7,9,16H,3-5,8,15H2,1-2H3,(H,17,18). The third kappa shape index (κ3) is 3.38. The summed E-state index contributed by atoms with van der Waals surface area (Å²) in [5.74, 6) is 0.0533. The third-order valence-electron chi connectivity index (χ3n) is 3.20. The number of nitrogens with one attached hydrogen (secondary N) is 2. The van der Waals surface area contributed by atoms with Gasteiger partial charge in [0.2, 0.25) is 5.91 Å². The summed E-state index contributed by atoms with van der Waals surface area (Å²) in [6, 6.07) is 3.84. The predicted molar refractivity (Wildman–Crippen MR) is 77.4 cm³/mol. The Kier molecular flexibility index (Phi) is 4.27. The minimum absolute atomic E-state index is 0.0533. The Balaban J connectivity index is 2.07. The van der Waals surface area contributed by atoms with Crippen LogP contribution in [0, 0.1) is 0 Å². The summed E-state index contributed by atoms with van der Waals surface area (Å²) in [5, 5.41) is 6.14. The maximum absolute atomic E-state index is 11.3. The zero-order chi connectivity index (χ0) is 13.8. The van der Waals surface area contributed by atoms with E-state index < -0.39 is 0 Å². The third-order valence-corrected chi connectivity index (χ3v) is 3.20. The molecule has 0 aromatic heterocycles. The lowest BCUT2D eigenvalue weighted by molar-refractivity contribution is -0.116. The summed E-state index contributed by atoms with van der Waals surface area (Å²) in [4.78, 5) is 11.3. The van der Waals surface area contributed by atoms with Crippen LogP contribution in [-0.4, -0.2) is 25.2 Å². The molecule has 1 heterocycles. The van der Waals surface area contributed by atoms with Gasteiger partial charge in [-0.3, -0.25) is 4.79 Å². The lowest BCUT2D eigenvalue weighted by Gasteiger charge is -2.20. The van der Waals surface area contributed by atoms with Crippen molar-refractivity contribution in [2.45, 2.75) is 32.8 Å². The highest BCUT2D eigenvalue weighted by Crippen LogP contribution is 2.30. The van der Waals surface area contributed by atoms with E-state index in [1.54, 1.807) is 0 Å². The van der Waals surface area contributed by atoms with Crippen molar-refractivity contribution < 1.29 is 9.53 Å². The summed E-state index contributed by atoms with van der Waals surface area (Å²) in [6.07, 6.45) is 1.43. The number of hydrogen-bond donors (Lipinski definition) is 3. The molecule has 2 rings (SSSR count). The highest BCUT2D eigenvalue weighted by Gasteiger charge is 2.16. The van der Waals surface area contributed by atoms with Gasteiger partial charge in [-0.05, 0) is 38.0 Å². The van der Waals surface area contributed by atoms with Crippen molar-refractivity contribution in [1.29, 1.82) is 0 Å². The van der Waals surface area contributed by atoms with Crippen LogP contribution in [0.3, 0.4) is 0 Å². The van der Waals surface area contributed by atoms with Crippen molar-refractivity contribution in [2.75, 3.05) is 29.5 Å². The van der Waals surface area contributed by atoms with E-state index in [2.05, 4.69) is 10.6 Å². The van der Waals surface area contributed by atoms with Crippen molar-refractivity contribution in [3.8, 4) is 0 Å². The first-order valence-corrected chi connectivity index (χ1v) is 6.68. The SMILES string of the molecule is CCOC(C)CNc1cc2c(cc1N)NC(=O)CC2. The number of nitrogens with two attached hydrogens (primary N) is 1. The second-order valence-electron chi connectivity index (χ2n) is 4.79. The Morgan fingerprint density at radius 1 is 1.47 bits per heavy atom. The van der Waals surface area contributed by atoms with E-state index >= 15 is 0 Å². The van der Waals surface area contributed by atoms with Gasteiger partial charge in [-0.15, -0.1) is 0 Å². The monoisotopic (exact) mass is 263 g/mol. The number of ether oxygens (including phenoxy) is 1. The molecule has 0 radical (unpaired) electrons. The van der Waals surface area contributed by atoms with Gasteiger partial charge in [0, 0.05) is 25.3 Å². The molecule has 5 heteroatoms. The molecule has 1 aliphatic rings. The minimum Gasteiger partial charge on any atom is -0.397 e. The quantitative estimate of drug-likeness (QED) is 0.710. The smallest absolute Gasteiger partial charge is 0.224 e. The molecule has 0 fully saturated rings. The van der Waals surface area contributed by atoms with Crippen molar-refractivity contribution in [3.63, 3.8) is 0 Å². The van der Waals surface area contributed by atoms with Crippen molar-refractivity contribution in [2.24, 2.45) is 0 Å². The van der Waals surface area contributed by atoms with Gasteiger partial charge in [0.1, 0.15) is 0 Å². The van der Waals surface area contributed by atoms with Crippen LogP contribution in [0.1, 0.15) is 25.8 Å². The fourth-order valence-electron chi connectivity index (χ4n) is 2.20. The fraction of sp³-hybridized carbons (Fsp3) is 0.500. The highest BCUT2D eigenvalue weighted by atomic mass is 16.5. The van der Waals surface area contributed by atoms with Gasteiger partial charge < -0.3 is 21.1 Å². The van der Waals surface area contributed by atoms with Gasteiger partial charge in [0.25, 0.3) is 0 Å². The molecule has 0 aliphatic carbocycles. The van der Waals surface area contributed by atoms with E-state index in [0.29, 0.717) is 25.3 Å². The second-order valence-corrected chi connectivity index (χ2v) is 4.79. The lowest BCUT2D eigenvalue weighted by atomic mass is 10.0. The molecular formula is C14H21N3O2. The van der Waals surface area contributed by atoms with Gasteiger partial charge in [0.05, 0.1) is 17.5 Å². The summed E-state index contributed by atoms with van der Waals surface area (Å²) < 4.78 is 5.47. The topological polar surface area (TPSA) is 76.4 Å². The van der Waals surface area contributed by atoms with E-state index in [0.717, 1.165) is 23.4 Å². The number of fused-ring (bicyclic) bond motifs is 1. The number of amides is 1. The maximum Gasteiger partial charge on any atom is 0.224 e. The van der Waals surface area contributed by atoms with Crippen molar-refractivity contribution in [3.05, 3.63) is 17.7 Å². The Labute approximate surface area is 113 Å². The first-order chi connectivity index (χ1) is 9.10. The molecule has 0 saturated carbocycles. The van der Waals surface area contributed by atoms with Gasteiger partial charge in [-0.25, -0.2) is 0 Å². The maximum atomic E-state index is 11.3. The molecule has 1 aromatic carbocycles. The van der Waals surface area contributed by atoms with Crippen LogP contribution in [0.5, 0.6) is 0 Å². The van der Waals surface area contributed by atoms with Crippen LogP contribution in [-0.2, 0) is 16.0 Å². The molecule has 1 atom stereocenters. The van der Waals surface area contributed by atoms with Crippen LogP contribution in [0.2, 0.25) is 0 Å². The van der Waals surface area contributed by atoms with E-state index in [1.807, 2.05) is 26.0 Å². The van der Waals surface area contributed by atoms with Gasteiger partial charge in [0.15, 0.2) is 0 Å². The van der Waals surface area contributed by atoms with Crippen LogP contribution in [0.25, 0.3) is 0 Å². The molecule has 0 bridgehead atoms. The average Bonchev–Trinajstić information content (AvgIpc) is 2.36. The van der Waals surface area contributed by atoms with Crippen molar-refractivity contribution >= 4 is 23.0 Å². The second kappa shape index (κ2) is 5.93. The molecule has 0 saturated heterocycles. The molecule has 1 aromatic rings. The number of nitrogen functional groups attached to an aromatic ring is 1. The van der Waals surface area contributed by atoms with Crippen LogP contribution in [0.15, 0.2) is 12.1 Å². The number of carbonyl (C=O) groups excluding carboxylic acids is 1. The summed E-state index contributed by atoms with van der Waals surface area (Å²) >= 11 is 0. The lowest BCUT2D eigenvalue weighted by Crippen LogP contribution is -2.22. The molecule has 1 amide bonds. The largest absolute Gasteiger partial charge is 0.397 e. The number of hydrogen-bond acceptors (Lipinski definition) is 4. The molecule has 19 heavy (non-hydrogen) atoms. The minimum atomic E-state index is 0.0533. The predicted octanol–water partition coefficient (Wildman–Crippen LogP) is 1.99. The Morgan fingerprint density at radius 2 is 2.26 bits per heavy atom. The molecule has 104 valence electrons. The van der Waals surface area contributed by atoms with E-state index in [9.17, 15) is 4.79 Å². The van der Waals surface area contributed by atoms with E-state index in [4.69, 9.17) is 10.5 Å². The molecule has 4 N–H and O–H groups in total. The summed E-state index contributed by atoms with van der Waals surface area (Å²) in [7, 11) is 0. The molecular weight excluding hydrogens is 242 g/mol. The zero-order valence-electron chi connectivity index (χ0n) is 11.5. The highest BCUT2D eigenvalue weighted by molar-refractivity contribution is 5.95. The summed E-state index contributed by atoms with van der Waals surface area (Å²) in [5.41, 5.74) is 9.50. The van der Waals surface area contributed by atoms with Crippen LogP contribution < -0.4 is 16.4 Å². The van der Waals surface area contributed by atoms with Crippen LogP contribution in [0.4, 0.5) is 17.1 Å². The normalized spacial score (nSPS) is 15.6. The number of aryl methyl sites for hydroxylation is 1. The van der Waals surface area contributed by atoms with Gasteiger partial charge >= 0.3 is 0 Å². The summed E-state index contributed by atoms with van der Waals surface area (Å²) in [6.45, 7) is 5.41. The Morgan fingerprint density at radius 3 is 3.00 bits per heavy atom. The number of anilines is 3. The number of rotatable bonds is 5. The average molecular weight is 263 g/mol. The van der Waals surface area contributed by atoms with Gasteiger partial charge in [-0.1, -0.05) is 0 Å². The first-order valence-electron chi connectivity index (χ1n) is 6.68. The number of benzene rings is 1. The van der Waals surface area contributed by atoms with Crippen LogP contribution >= 0.6 is 0 Å². The first kappa shape index (κ1) is 13.7. The Bertz CT molecular complexity index is 474. The van der Waals surface area contributed by atoms with E-state index in [-0.39, 0.29) is 12.0 Å². The molecule has 1 aliphatic heterocycles. The molecule has 1 unspecified atom stereocenters. The Hall–Kier alpha value is -1.75. The van der Waals surface area contributed by atoms with Gasteiger partial charge in [-0.2, -0.15) is 0 Å². The zero-order valence-corrected chi connectivity index (χ0v) is 11.5. The molecule has 0 spiro atoms. The van der Waals surface area contributed by atoms with E-state index in [1.165, 1.54) is 0 Å². The molecule has 5 nitrogen and oxygen atoms in total. The number of carbonyl (C=O) groups is 1. The van der Waals surface area contributed by atoms with Crippen molar-refractivity contribution in [1.82, 2.24) is 0 Å². The fourth-order valence-corrected chi connectivity index (χ4v) is 2.20.